The monoisotopic (exact) mass is 565 g/mol. The van der Waals surface area contributed by atoms with E-state index in [2.05, 4.69) is 20.9 Å². The Hall–Kier alpha value is -4.34. The number of carbonyl (C=O) groups excluding carboxylic acids is 3. The number of fused-ring (bicyclic) bond motifs is 3. The number of nitrogens with one attached hydrogen (secondary N) is 3. The maximum atomic E-state index is 13.6. The largest absolute Gasteiger partial charge is 0.325 e. The molecule has 1 aliphatic heterocycles. The van der Waals surface area contributed by atoms with Crippen LogP contribution in [-0.2, 0) is 40.9 Å². The molecular formula is C32H31N5O3S. The molecule has 3 N–H and O–H groups in total. The minimum atomic E-state index is -0.614. The lowest BCUT2D eigenvalue weighted by Crippen LogP contribution is -2.38. The van der Waals surface area contributed by atoms with E-state index in [4.69, 9.17) is 0 Å². The third kappa shape index (κ3) is 5.03. The highest BCUT2D eigenvalue weighted by Gasteiger charge is 2.50. The first-order valence-electron chi connectivity index (χ1n) is 13.6. The molecule has 2 heterocycles. The summed E-state index contributed by atoms with van der Waals surface area (Å²) in [6.07, 6.45) is 1.20. The van der Waals surface area contributed by atoms with Gasteiger partial charge < -0.3 is 20.9 Å². The summed E-state index contributed by atoms with van der Waals surface area (Å²) < 4.78 is 0. The van der Waals surface area contributed by atoms with Crippen molar-refractivity contribution in [3.63, 3.8) is 0 Å². The lowest BCUT2D eigenvalue weighted by atomic mass is 9.79. The molecule has 0 saturated heterocycles. The minimum absolute atomic E-state index is 0.0190. The number of rotatable bonds is 8. The fourth-order valence-corrected chi connectivity index (χ4v) is 6.56. The normalized spacial score (nSPS) is 16.8. The van der Waals surface area contributed by atoms with Crippen molar-refractivity contribution in [1.29, 1.82) is 0 Å². The van der Waals surface area contributed by atoms with Crippen molar-refractivity contribution in [2.45, 2.75) is 38.3 Å². The molecule has 9 heteroatoms. The van der Waals surface area contributed by atoms with Crippen LogP contribution in [0.5, 0.6) is 0 Å². The molecule has 4 aromatic rings. The summed E-state index contributed by atoms with van der Waals surface area (Å²) in [7, 11) is 1.88. The second-order valence-electron chi connectivity index (χ2n) is 10.7. The van der Waals surface area contributed by atoms with Gasteiger partial charge in [0.25, 0.3) is 5.91 Å². The van der Waals surface area contributed by atoms with E-state index in [-0.39, 0.29) is 30.8 Å². The van der Waals surface area contributed by atoms with Crippen molar-refractivity contribution in [1.82, 2.24) is 15.2 Å². The minimum Gasteiger partial charge on any atom is -0.325 e. The Morgan fingerprint density at radius 1 is 1.02 bits per heavy atom. The van der Waals surface area contributed by atoms with E-state index >= 15 is 0 Å². The number of amides is 3. The van der Waals surface area contributed by atoms with E-state index in [9.17, 15) is 14.4 Å². The van der Waals surface area contributed by atoms with Crippen molar-refractivity contribution in [3.8, 4) is 0 Å². The van der Waals surface area contributed by atoms with Gasteiger partial charge in [0.05, 0.1) is 10.9 Å². The molecule has 6 rings (SSSR count). The first-order chi connectivity index (χ1) is 19.9. The van der Waals surface area contributed by atoms with Gasteiger partial charge in [0.15, 0.2) is 0 Å². The Balaban J connectivity index is 1.21. The van der Waals surface area contributed by atoms with Crippen LogP contribution in [0, 0.1) is 6.92 Å². The zero-order valence-corrected chi connectivity index (χ0v) is 23.8. The summed E-state index contributed by atoms with van der Waals surface area (Å²) in [5.41, 5.74) is 8.12. The number of nitrogens with zero attached hydrogens (tertiary/aromatic N) is 2. The molecule has 3 amide bonds. The molecular weight excluding hydrogens is 534 g/mol. The predicted molar refractivity (Wildman–Crippen MR) is 160 cm³/mol. The molecule has 208 valence electrons. The van der Waals surface area contributed by atoms with Gasteiger partial charge in [-0.05, 0) is 72.8 Å². The first kappa shape index (κ1) is 26.9. The van der Waals surface area contributed by atoms with Crippen molar-refractivity contribution < 1.29 is 14.4 Å². The maximum Gasteiger partial charge on any atom is 0.274 e. The molecule has 1 spiro atoms. The number of aryl methyl sites for hydroxylation is 1. The zero-order valence-electron chi connectivity index (χ0n) is 23.0. The van der Waals surface area contributed by atoms with Crippen LogP contribution in [0.25, 0.3) is 0 Å². The Morgan fingerprint density at radius 2 is 1.78 bits per heavy atom. The molecule has 1 aliphatic carbocycles. The molecule has 3 aromatic carbocycles. The highest BCUT2D eigenvalue weighted by Crippen LogP contribution is 2.47. The Bertz CT molecular complexity index is 1660. The van der Waals surface area contributed by atoms with Crippen LogP contribution in [0.15, 0.2) is 72.2 Å². The van der Waals surface area contributed by atoms with Crippen LogP contribution in [-0.4, -0.2) is 41.2 Å². The van der Waals surface area contributed by atoms with E-state index in [1.807, 2.05) is 80.7 Å². The Morgan fingerprint density at radius 3 is 2.56 bits per heavy atom. The zero-order chi connectivity index (χ0) is 28.6. The molecule has 41 heavy (non-hydrogen) atoms. The van der Waals surface area contributed by atoms with E-state index in [1.165, 1.54) is 11.3 Å². The lowest BCUT2D eigenvalue weighted by molar-refractivity contribution is -0.120. The number of anilines is 2. The summed E-state index contributed by atoms with van der Waals surface area (Å²) in [6, 6.07) is 21.6. The fourth-order valence-electron chi connectivity index (χ4n) is 5.99. The molecule has 1 unspecified atom stereocenters. The molecule has 0 fully saturated rings. The van der Waals surface area contributed by atoms with E-state index < -0.39 is 5.41 Å². The number of aromatic nitrogens is 1. The summed E-state index contributed by atoms with van der Waals surface area (Å²) in [6.45, 7) is 2.67. The lowest BCUT2D eigenvalue weighted by Gasteiger charge is -2.23. The summed E-state index contributed by atoms with van der Waals surface area (Å²) in [5.74, 6) is -0.556. The molecule has 0 bridgehead atoms. The van der Waals surface area contributed by atoms with Gasteiger partial charge >= 0.3 is 0 Å². The average Bonchev–Trinajstić information content (AvgIpc) is 3.64. The van der Waals surface area contributed by atoms with Gasteiger partial charge in [0.2, 0.25) is 11.8 Å². The van der Waals surface area contributed by atoms with Crippen LogP contribution in [0.2, 0.25) is 0 Å². The molecule has 0 radical (unpaired) electrons. The second kappa shape index (κ2) is 10.9. The van der Waals surface area contributed by atoms with Gasteiger partial charge in [0.1, 0.15) is 12.2 Å². The fraction of sp³-hybridized carbons (Fsp3) is 0.250. The van der Waals surface area contributed by atoms with E-state index in [1.54, 1.807) is 10.4 Å². The molecule has 1 aromatic heterocycles. The van der Waals surface area contributed by atoms with Crippen LogP contribution in [0.4, 0.5) is 11.4 Å². The van der Waals surface area contributed by atoms with Crippen molar-refractivity contribution in [2.75, 3.05) is 24.2 Å². The smallest absolute Gasteiger partial charge is 0.274 e. The highest BCUT2D eigenvalue weighted by atomic mass is 32.1. The topological polar surface area (TPSA) is 103 Å². The van der Waals surface area contributed by atoms with Crippen LogP contribution >= 0.6 is 11.3 Å². The van der Waals surface area contributed by atoms with Gasteiger partial charge in [0, 0.05) is 29.3 Å². The quantitative estimate of drug-likeness (QED) is 0.293. The predicted octanol–water partition coefficient (Wildman–Crippen LogP) is 4.44. The van der Waals surface area contributed by atoms with Crippen LogP contribution in [0.1, 0.15) is 43.2 Å². The number of carbonyl (C=O) groups is 3. The van der Waals surface area contributed by atoms with Gasteiger partial charge in [-0.3, -0.25) is 14.4 Å². The maximum absolute atomic E-state index is 13.6. The molecule has 8 nitrogen and oxygen atoms in total. The Kier molecular flexibility index (Phi) is 7.15. The van der Waals surface area contributed by atoms with Crippen molar-refractivity contribution >= 4 is 40.4 Å². The summed E-state index contributed by atoms with van der Waals surface area (Å²) in [4.78, 5) is 46.6. The van der Waals surface area contributed by atoms with E-state index in [0.29, 0.717) is 30.8 Å². The number of benzene rings is 3. The van der Waals surface area contributed by atoms with Crippen LogP contribution in [0.3, 0.4) is 0 Å². The van der Waals surface area contributed by atoms with Gasteiger partial charge in [-0.15, -0.1) is 11.3 Å². The summed E-state index contributed by atoms with van der Waals surface area (Å²) >= 11 is 1.41. The SMILES string of the molecule is CNCc1ccccc1CN(CC(=O)Nc1ccc2c(c1)CC1(C2)C(=O)Nc2ccccc21)C(=O)c1ncsc1C. The molecule has 2 aliphatic rings. The molecule has 0 saturated carbocycles. The van der Waals surface area contributed by atoms with Gasteiger partial charge in [-0.1, -0.05) is 48.5 Å². The van der Waals surface area contributed by atoms with E-state index in [0.717, 1.165) is 38.4 Å². The highest BCUT2D eigenvalue weighted by molar-refractivity contribution is 7.09. The van der Waals surface area contributed by atoms with Gasteiger partial charge in [-0.25, -0.2) is 4.98 Å². The van der Waals surface area contributed by atoms with Gasteiger partial charge in [-0.2, -0.15) is 0 Å². The van der Waals surface area contributed by atoms with Crippen LogP contribution < -0.4 is 16.0 Å². The standard InChI is InChI=1S/C32H31N5O3S/c1-20-29(34-19-41-20)30(39)37(17-23-8-4-3-7-22(23)16-33-2)18-28(38)35-25-12-11-21-14-32(15-24(21)13-25)26-9-5-6-10-27(26)36-31(32)40/h3-13,19,33H,14-18H2,1-2H3,(H,35,38)(H,36,40). The Labute approximate surface area is 242 Å². The first-order valence-corrected chi connectivity index (χ1v) is 14.5. The third-order valence-electron chi connectivity index (χ3n) is 8.02. The number of para-hydroxylation sites is 1. The number of thiazole rings is 1. The van der Waals surface area contributed by atoms with Crippen molar-refractivity contribution in [3.05, 3.63) is 111 Å². The second-order valence-corrected chi connectivity index (χ2v) is 11.7. The third-order valence-corrected chi connectivity index (χ3v) is 8.77. The number of hydrogen-bond acceptors (Lipinski definition) is 6. The molecule has 1 atom stereocenters. The number of hydrogen-bond donors (Lipinski definition) is 3. The average molecular weight is 566 g/mol. The summed E-state index contributed by atoms with van der Waals surface area (Å²) in [5, 5.41) is 9.19. The van der Waals surface area contributed by atoms with Crippen molar-refractivity contribution in [2.24, 2.45) is 0 Å².